The lowest BCUT2D eigenvalue weighted by molar-refractivity contribution is -0.151. The van der Waals surface area contributed by atoms with Crippen molar-refractivity contribution < 1.29 is 38.0 Å². The van der Waals surface area contributed by atoms with Crippen LogP contribution >= 0.6 is 0 Å². The predicted molar refractivity (Wildman–Crippen MR) is 172 cm³/mol. The topological polar surface area (TPSA) is 96.0 Å². The van der Waals surface area contributed by atoms with Gasteiger partial charge in [0.1, 0.15) is 12.1 Å². The van der Waals surface area contributed by atoms with Crippen molar-refractivity contribution in [2.45, 2.75) is 65.0 Å². The van der Waals surface area contributed by atoms with Crippen LogP contribution in [0.4, 0.5) is 0 Å². The molecule has 2 heterocycles. The fourth-order valence-electron chi connectivity index (χ4n) is 6.50. The van der Waals surface area contributed by atoms with Crippen LogP contribution in [0.25, 0.3) is 0 Å². The average molecular weight is 633 g/mol. The van der Waals surface area contributed by atoms with Gasteiger partial charge >= 0.3 is 11.9 Å². The van der Waals surface area contributed by atoms with Gasteiger partial charge in [0.15, 0.2) is 23.0 Å². The zero-order chi connectivity index (χ0) is 32.8. The number of esters is 2. The van der Waals surface area contributed by atoms with Gasteiger partial charge in [-0.25, -0.2) is 0 Å². The first kappa shape index (κ1) is 33.1. The summed E-state index contributed by atoms with van der Waals surface area (Å²) in [5.41, 5.74) is 6.39. The largest absolute Gasteiger partial charge is 0.493 e. The van der Waals surface area contributed by atoms with E-state index in [4.69, 9.17) is 28.4 Å². The maximum atomic E-state index is 13.2. The minimum absolute atomic E-state index is 0.240. The molecule has 0 N–H and O–H groups in total. The maximum absolute atomic E-state index is 13.2. The second-order valence-corrected chi connectivity index (χ2v) is 11.5. The number of ether oxygens (including phenoxy) is 6. The summed E-state index contributed by atoms with van der Waals surface area (Å²) in [6, 6.07) is 15.4. The van der Waals surface area contributed by atoms with Crippen molar-refractivity contribution in [3.05, 3.63) is 81.9 Å². The van der Waals surface area contributed by atoms with E-state index < -0.39 is 12.1 Å². The van der Waals surface area contributed by atoms with Crippen molar-refractivity contribution >= 4 is 11.9 Å². The lowest BCUT2D eigenvalue weighted by Crippen LogP contribution is -2.46. The molecule has 3 aromatic rings. The van der Waals surface area contributed by atoms with E-state index in [1.807, 2.05) is 44.2 Å². The monoisotopic (exact) mass is 632 g/mol. The number of nitrogens with zero attached hydrogens (tertiary/aromatic N) is 2. The Morgan fingerprint density at radius 3 is 1.33 bits per heavy atom. The van der Waals surface area contributed by atoms with Crippen molar-refractivity contribution in [1.82, 2.24) is 9.80 Å². The van der Waals surface area contributed by atoms with E-state index in [9.17, 15) is 9.59 Å². The maximum Gasteiger partial charge on any atom is 0.323 e. The SMILES string of the molecule is CCOC(=O)C1Cc2cc(OC)c(OC)cc2CN1Cc1cccc(CN2Cc3cc(OC)c(OC)cc3CC2C(=O)OCC)c1. The number of carbonyl (C=O) groups is 2. The zero-order valence-corrected chi connectivity index (χ0v) is 27.6. The Bertz CT molecular complexity index is 1450. The minimum Gasteiger partial charge on any atom is -0.493 e. The summed E-state index contributed by atoms with van der Waals surface area (Å²) >= 11 is 0. The molecule has 0 bridgehead atoms. The van der Waals surface area contributed by atoms with Crippen LogP contribution < -0.4 is 18.9 Å². The zero-order valence-electron chi connectivity index (χ0n) is 27.6. The summed E-state index contributed by atoms with van der Waals surface area (Å²) in [6.45, 7) is 6.49. The molecule has 2 aliphatic heterocycles. The van der Waals surface area contributed by atoms with Crippen LogP contribution in [0.15, 0.2) is 48.5 Å². The Labute approximate surface area is 271 Å². The number of hydrogen-bond acceptors (Lipinski definition) is 10. The fraction of sp³-hybridized carbons (Fsp3) is 0.444. The predicted octanol–water partition coefficient (Wildman–Crippen LogP) is 4.70. The molecule has 0 radical (unpaired) electrons. The van der Waals surface area contributed by atoms with E-state index in [0.29, 0.717) is 75.2 Å². The summed E-state index contributed by atoms with van der Waals surface area (Å²) in [4.78, 5) is 30.6. The van der Waals surface area contributed by atoms with E-state index in [1.54, 1.807) is 28.4 Å². The van der Waals surface area contributed by atoms with Gasteiger partial charge in [-0.05, 0) is 84.3 Å². The molecule has 0 fully saturated rings. The Balaban J connectivity index is 1.40. The first-order chi connectivity index (χ1) is 22.3. The van der Waals surface area contributed by atoms with Gasteiger partial charge in [-0.3, -0.25) is 19.4 Å². The third-order valence-electron chi connectivity index (χ3n) is 8.75. The molecule has 0 aliphatic carbocycles. The Morgan fingerprint density at radius 2 is 0.978 bits per heavy atom. The fourth-order valence-corrected chi connectivity index (χ4v) is 6.50. The third-order valence-corrected chi connectivity index (χ3v) is 8.75. The van der Waals surface area contributed by atoms with Crippen molar-refractivity contribution in [1.29, 1.82) is 0 Å². The van der Waals surface area contributed by atoms with Crippen molar-refractivity contribution in [3.8, 4) is 23.0 Å². The van der Waals surface area contributed by atoms with Crippen LogP contribution in [0.5, 0.6) is 23.0 Å². The highest BCUT2D eigenvalue weighted by Gasteiger charge is 2.35. The Kier molecular flexibility index (Phi) is 10.7. The van der Waals surface area contributed by atoms with E-state index in [1.165, 1.54) is 0 Å². The standard InChI is InChI=1S/C36H44N2O8/c1-7-45-35(39)29-13-25-15-31(41-3)33(43-5)17-27(25)21-37(29)19-23-10-9-11-24(12-23)20-38-22-28-18-34(44-6)32(42-4)16-26(28)14-30(38)36(40)46-8-2/h9-12,15-18,29-30H,7-8,13-14,19-22H2,1-6H3. The number of fused-ring (bicyclic) bond motifs is 2. The Hall–Kier alpha value is -4.28. The van der Waals surface area contributed by atoms with Crippen LogP contribution in [-0.2, 0) is 58.1 Å². The van der Waals surface area contributed by atoms with Gasteiger partial charge in [0.05, 0.1) is 41.7 Å². The summed E-state index contributed by atoms with van der Waals surface area (Å²) in [5.74, 6) is 2.13. The molecule has 0 saturated heterocycles. The molecule has 0 saturated carbocycles. The molecule has 10 nitrogen and oxygen atoms in total. The van der Waals surface area contributed by atoms with E-state index in [0.717, 1.165) is 33.4 Å². The number of benzene rings is 3. The highest BCUT2D eigenvalue weighted by molar-refractivity contribution is 5.77. The minimum atomic E-state index is -0.437. The summed E-state index contributed by atoms with van der Waals surface area (Å²) in [5, 5.41) is 0. The van der Waals surface area contributed by atoms with Gasteiger partial charge in [0.2, 0.25) is 0 Å². The first-order valence-corrected chi connectivity index (χ1v) is 15.7. The number of rotatable bonds is 12. The molecule has 2 unspecified atom stereocenters. The van der Waals surface area contributed by atoms with Gasteiger partial charge in [0.25, 0.3) is 0 Å². The average Bonchev–Trinajstić information content (AvgIpc) is 3.06. The molecule has 0 spiro atoms. The van der Waals surface area contributed by atoms with E-state index in [-0.39, 0.29) is 11.9 Å². The number of methoxy groups -OCH3 is 4. The normalized spacial score (nSPS) is 17.8. The lowest BCUT2D eigenvalue weighted by Gasteiger charge is -2.36. The molecule has 2 atom stereocenters. The molecular weight excluding hydrogens is 588 g/mol. The van der Waals surface area contributed by atoms with Gasteiger partial charge in [-0.15, -0.1) is 0 Å². The number of hydrogen-bond donors (Lipinski definition) is 0. The lowest BCUT2D eigenvalue weighted by atomic mass is 9.92. The van der Waals surface area contributed by atoms with Crippen LogP contribution in [0.1, 0.15) is 47.2 Å². The highest BCUT2D eigenvalue weighted by Crippen LogP contribution is 2.37. The quantitative estimate of drug-likeness (QED) is 0.262. The molecule has 0 aromatic heterocycles. The molecule has 5 rings (SSSR count). The van der Waals surface area contributed by atoms with Crippen molar-refractivity contribution in [3.63, 3.8) is 0 Å². The van der Waals surface area contributed by atoms with Crippen LogP contribution in [0.3, 0.4) is 0 Å². The van der Waals surface area contributed by atoms with E-state index >= 15 is 0 Å². The second kappa shape index (κ2) is 14.9. The Morgan fingerprint density at radius 1 is 0.609 bits per heavy atom. The van der Waals surface area contributed by atoms with Crippen molar-refractivity contribution in [2.75, 3.05) is 41.7 Å². The molecule has 3 aromatic carbocycles. The van der Waals surface area contributed by atoms with Crippen molar-refractivity contribution in [2.24, 2.45) is 0 Å². The van der Waals surface area contributed by atoms with Gasteiger partial charge < -0.3 is 28.4 Å². The summed E-state index contributed by atoms with van der Waals surface area (Å²) in [7, 11) is 6.47. The molecule has 46 heavy (non-hydrogen) atoms. The van der Waals surface area contributed by atoms with Crippen LogP contribution in [0.2, 0.25) is 0 Å². The van der Waals surface area contributed by atoms with Crippen LogP contribution in [0, 0.1) is 0 Å². The van der Waals surface area contributed by atoms with Gasteiger partial charge in [0, 0.05) is 26.2 Å². The number of carbonyl (C=O) groups excluding carboxylic acids is 2. The van der Waals surface area contributed by atoms with E-state index in [2.05, 4.69) is 28.0 Å². The van der Waals surface area contributed by atoms with Gasteiger partial charge in [-0.1, -0.05) is 24.3 Å². The molecular formula is C36H44N2O8. The highest BCUT2D eigenvalue weighted by atomic mass is 16.5. The van der Waals surface area contributed by atoms with Gasteiger partial charge in [-0.2, -0.15) is 0 Å². The second-order valence-electron chi connectivity index (χ2n) is 11.5. The third kappa shape index (κ3) is 7.08. The molecule has 10 heteroatoms. The molecule has 2 aliphatic rings. The molecule has 0 amide bonds. The summed E-state index contributed by atoms with van der Waals surface area (Å²) < 4.78 is 33.2. The first-order valence-electron chi connectivity index (χ1n) is 15.7. The van der Waals surface area contributed by atoms with Crippen LogP contribution in [-0.4, -0.2) is 75.5 Å². The molecule has 246 valence electrons. The smallest absolute Gasteiger partial charge is 0.323 e. The summed E-state index contributed by atoms with van der Waals surface area (Å²) in [6.07, 6.45) is 1.02.